The lowest BCUT2D eigenvalue weighted by Crippen LogP contribution is -2.08. The van der Waals surface area contributed by atoms with E-state index in [4.69, 9.17) is 18.0 Å². The van der Waals surface area contributed by atoms with E-state index in [1.165, 1.54) is 5.56 Å². The van der Waals surface area contributed by atoms with Crippen LogP contribution in [0.1, 0.15) is 18.1 Å². The molecule has 0 spiro atoms. The van der Waals surface area contributed by atoms with Crippen LogP contribution in [0.15, 0.2) is 48.5 Å². The Morgan fingerprint density at radius 3 is 1.94 bits per heavy atom. The standard InChI is InChI=1S/C15H16N2S/c1-2-11-3-7-13(8-4-11)17-14-9-5-12(6-10-14)15(16)18/h3-10,17H,2H2,1H3,(H2,16,18). The fraction of sp³-hybridized carbons (Fsp3) is 0.133. The van der Waals surface area contributed by atoms with E-state index in [-0.39, 0.29) is 0 Å². The van der Waals surface area contributed by atoms with E-state index in [1.54, 1.807) is 0 Å². The highest BCUT2D eigenvalue weighted by Gasteiger charge is 1.98. The van der Waals surface area contributed by atoms with Crippen LogP contribution in [0.4, 0.5) is 11.4 Å². The van der Waals surface area contributed by atoms with Crippen LogP contribution in [-0.2, 0) is 6.42 Å². The van der Waals surface area contributed by atoms with Crippen LogP contribution >= 0.6 is 12.2 Å². The molecule has 0 atom stereocenters. The molecule has 2 rings (SSSR count). The number of nitrogens with two attached hydrogens (primary N) is 1. The molecule has 92 valence electrons. The Balaban J connectivity index is 2.10. The van der Waals surface area contributed by atoms with Crippen molar-refractivity contribution in [1.29, 1.82) is 0 Å². The average Bonchev–Trinajstić information content (AvgIpc) is 2.40. The first-order valence-electron chi connectivity index (χ1n) is 5.95. The van der Waals surface area contributed by atoms with E-state index in [1.807, 2.05) is 24.3 Å². The van der Waals surface area contributed by atoms with Crippen LogP contribution in [0.3, 0.4) is 0 Å². The van der Waals surface area contributed by atoms with Crippen LogP contribution in [0.2, 0.25) is 0 Å². The summed E-state index contributed by atoms with van der Waals surface area (Å²) in [6.45, 7) is 2.15. The lowest BCUT2D eigenvalue weighted by molar-refractivity contribution is 1.14. The number of benzene rings is 2. The molecule has 0 unspecified atom stereocenters. The summed E-state index contributed by atoms with van der Waals surface area (Å²) in [5, 5.41) is 3.34. The van der Waals surface area contributed by atoms with E-state index < -0.39 is 0 Å². The Morgan fingerprint density at radius 2 is 1.50 bits per heavy atom. The molecule has 18 heavy (non-hydrogen) atoms. The van der Waals surface area contributed by atoms with Gasteiger partial charge in [0.15, 0.2) is 0 Å². The summed E-state index contributed by atoms with van der Waals surface area (Å²) in [5.41, 5.74) is 9.89. The van der Waals surface area contributed by atoms with Gasteiger partial charge < -0.3 is 11.1 Å². The first-order chi connectivity index (χ1) is 8.69. The highest BCUT2D eigenvalue weighted by atomic mass is 32.1. The van der Waals surface area contributed by atoms with E-state index in [2.05, 4.69) is 36.5 Å². The van der Waals surface area contributed by atoms with Gasteiger partial charge in [0.2, 0.25) is 0 Å². The maximum Gasteiger partial charge on any atom is 0.103 e. The number of aryl methyl sites for hydroxylation is 1. The predicted molar refractivity (Wildman–Crippen MR) is 81.4 cm³/mol. The van der Waals surface area contributed by atoms with Crippen LogP contribution in [-0.4, -0.2) is 4.99 Å². The van der Waals surface area contributed by atoms with Crippen molar-refractivity contribution in [1.82, 2.24) is 0 Å². The Morgan fingerprint density at radius 1 is 1.00 bits per heavy atom. The first kappa shape index (κ1) is 12.6. The third kappa shape index (κ3) is 3.08. The third-order valence-corrected chi connectivity index (χ3v) is 3.06. The number of hydrogen-bond acceptors (Lipinski definition) is 2. The molecule has 3 heteroatoms. The summed E-state index contributed by atoms with van der Waals surface area (Å²) in [6, 6.07) is 16.2. The number of nitrogens with one attached hydrogen (secondary N) is 1. The topological polar surface area (TPSA) is 38.0 Å². The van der Waals surface area contributed by atoms with Crippen LogP contribution in [0.5, 0.6) is 0 Å². The minimum absolute atomic E-state index is 0.425. The van der Waals surface area contributed by atoms with Crippen molar-refractivity contribution in [2.75, 3.05) is 5.32 Å². The van der Waals surface area contributed by atoms with Gasteiger partial charge in [0.25, 0.3) is 0 Å². The molecule has 0 aliphatic carbocycles. The van der Waals surface area contributed by atoms with Crippen molar-refractivity contribution in [3.63, 3.8) is 0 Å². The van der Waals surface area contributed by atoms with Crippen molar-refractivity contribution >= 4 is 28.6 Å². The summed E-state index contributed by atoms with van der Waals surface area (Å²) in [4.78, 5) is 0.425. The molecular formula is C15H16N2S. The molecule has 0 heterocycles. The largest absolute Gasteiger partial charge is 0.389 e. The van der Waals surface area contributed by atoms with Crippen LogP contribution in [0, 0.1) is 0 Å². The Bertz CT molecular complexity index is 529. The molecule has 0 fully saturated rings. The van der Waals surface area contributed by atoms with Gasteiger partial charge in [-0.1, -0.05) is 31.3 Å². The first-order valence-corrected chi connectivity index (χ1v) is 6.35. The predicted octanol–water partition coefficient (Wildman–Crippen LogP) is 3.63. The fourth-order valence-corrected chi connectivity index (χ4v) is 1.84. The van der Waals surface area contributed by atoms with Crippen molar-refractivity contribution in [3.8, 4) is 0 Å². The van der Waals surface area contributed by atoms with Crippen molar-refractivity contribution < 1.29 is 0 Å². The minimum Gasteiger partial charge on any atom is -0.389 e. The average molecular weight is 256 g/mol. The molecule has 2 nitrogen and oxygen atoms in total. The Hall–Kier alpha value is -1.87. The van der Waals surface area contributed by atoms with Gasteiger partial charge in [-0.25, -0.2) is 0 Å². The lowest BCUT2D eigenvalue weighted by atomic mass is 10.1. The number of hydrogen-bond donors (Lipinski definition) is 2. The normalized spacial score (nSPS) is 10.1. The molecular weight excluding hydrogens is 240 g/mol. The Kier molecular flexibility index (Phi) is 3.95. The summed E-state index contributed by atoms with van der Waals surface area (Å²) >= 11 is 4.92. The van der Waals surface area contributed by atoms with Gasteiger partial charge in [0.1, 0.15) is 4.99 Å². The molecule has 0 bridgehead atoms. The zero-order chi connectivity index (χ0) is 13.0. The SMILES string of the molecule is CCc1ccc(Nc2ccc(C(N)=S)cc2)cc1. The zero-order valence-electron chi connectivity index (χ0n) is 10.3. The minimum atomic E-state index is 0.425. The van der Waals surface area contributed by atoms with Crippen molar-refractivity contribution in [2.24, 2.45) is 5.73 Å². The van der Waals surface area contributed by atoms with E-state index in [0.29, 0.717) is 4.99 Å². The zero-order valence-corrected chi connectivity index (χ0v) is 11.1. The molecule has 0 aliphatic heterocycles. The summed E-state index contributed by atoms with van der Waals surface area (Å²) in [7, 11) is 0. The lowest BCUT2D eigenvalue weighted by Gasteiger charge is -2.08. The van der Waals surface area contributed by atoms with E-state index in [0.717, 1.165) is 23.4 Å². The van der Waals surface area contributed by atoms with Gasteiger partial charge in [0.05, 0.1) is 0 Å². The molecule has 3 N–H and O–H groups in total. The van der Waals surface area contributed by atoms with Crippen LogP contribution < -0.4 is 11.1 Å². The molecule has 2 aromatic carbocycles. The molecule has 0 radical (unpaired) electrons. The van der Waals surface area contributed by atoms with Crippen molar-refractivity contribution in [2.45, 2.75) is 13.3 Å². The maximum atomic E-state index is 5.56. The van der Waals surface area contributed by atoms with E-state index >= 15 is 0 Å². The van der Waals surface area contributed by atoms with E-state index in [9.17, 15) is 0 Å². The van der Waals surface area contributed by atoms with Crippen molar-refractivity contribution in [3.05, 3.63) is 59.7 Å². The maximum absolute atomic E-state index is 5.56. The molecule has 0 aromatic heterocycles. The monoisotopic (exact) mass is 256 g/mol. The number of anilines is 2. The summed E-state index contributed by atoms with van der Waals surface area (Å²) in [6.07, 6.45) is 1.06. The number of rotatable bonds is 4. The van der Waals surface area contributed by atoms with Gasteiger partial charge in [-0.3, -0.25) is 0 Å². The van der Waals surface area contributed by atoms with Gasteiger partial charge in [-0.05, 0) is 48.4 Å². The molecule has 0 saturated heterocycles. The molecule has 0 saturated carbocycles. The second kappa shape index (κ2) is 5.65. The van der Waals surface area contributed by atoms with Gasteiger partial charge in [-0.2, -0.15) is 0 Å². The highest BCUT2D eigenvalue weighted by molar-refractivity contribution is 7.80. The third-order valence-electron chi connectivity index (χ3n) is 2.82. The quantitative estimate of drug-likeness (QED) is 0.820. The molecule has 2 aromatic rings. The van der Waals surface area contributed by atoms with Gasteiger partial charge in [-0.15, -0.1) is 0 Å². The second-order valence-corrected chi connectivity index (χ2v) is 4.56. The summed E-state index contributed by atoms with van der Waals surface area (Å²) in [5.74, 6) is 0. The summed E-state index contributed by atoms with van der Waals surface area (Å²) < 4.78 is 0. The number of thiocarbonyl (C=S) groups is 1. The fourth-order valence-electron chi connectivity index (χ4n) is 1.71. The Labute approximate surface area is 113 Å². The molecule has 0 aliphatic rings. The van der Waals surface area contributed by atoms with Crippen LogP contribution in [0.25, 0.3) is 0 Å². The molecule has 0 amide bonds. The highest BCUT2D eigenvalue weighted by Crippen LogP contribution is 2.17. The van der Waals surface area contributed by atoms with Gasteiger partial charge in [0, 0.05) is 16.9 Å². The van der Waals surface area contributed by atoms with Gasteiger partial charge >= 0.3 is 0 Å². The smallest absolute Gasteiger partial charge is 0.103 e. The second-order valence-electron chi connectivity index (χ2n) is 4.12.